The zero-order chi connectivity index (χ0) is 13.0. The van der Waals surface area contributed by atoms with Gasteiger partial charge in [-0.05, 0) is 37.1 Å². The van der Waals surface area contributed by atoms with Crippen LogP contribution in [0.4, 0.5) is 0 Å². The Morgan fingerprint density at radius 1 is 1.00 bits per heavy atom. The van der Waals surface area contributed by atoms with Gasteiger partial charge < -0.3 is 0 Å². The number of aliphatic imine (C=N–C) groups is 1. The number of halogens is 1. The van der Waals surface area contributed by atoms with Gasteiger partial charge in [0.1, 0.15) is 0 Å². The summed E-state index contributed by atoms with van der Waals surface area (Å²) in [5, 5.41) is 0.759. The zero-order valence-corrected chi connectivity index (χ0v) is 11.4. The molecule has 0 bridgehead atoms. The van der Waals surface area contributed by atoms with Crippen molar-refractivity contribution in [1.29, 1.82) is 0 Å². The predicted octanol–water partition coefficient (Wildman–Crippen LogP) is 4.91. The van der Waals surface area contributed by atoms with E-state index in [0.29, 0.717) is 0 Å². The van der Waals surface area contributed by atoms with Crippen molar-refractivity contribution >= 4 is 17.3 Å². The first-order valence-corrected chi connectivity index (χ1v) is 6.40. The minimum Gasteiger partial charge on any atom is -0.282 e. The van der Waals surface area contributed by atoms with Crippen molar-refractivity contribution < 1.29 is 0 Å². The summed E-state index contributed by atoms with van der Waals surface area (Å²) in [6.07, 6.45) is 0. The Balaban J connectivity index is 2.20. The summed E-state index contributed by atoms with van der Waals surface area (Å²) in [5.41, 5.74) is 3.39. The first-order valence-electron chi connectivity index (χ1n) is 6.02. The van der Waals surface area contributed by atoms with Gasteiger partial charge in [0, 0.05) is 10.7 Å². The molecule has 1 atom stereocenters. The Morgan fingerprint density at radius 3 is 2.22 bits per heavy atom. The fourth-order valence-electron chi connectivity index (χ4n) is 1.86. The van der Waals surface area contributed by atoms with Gasteiger partial charge in [-0.25, -0.2) is 0 Å². The van der Waals surface area contributed by atoms with E-state index in [1.807, 2.05) is 49.4 Å². The van der Waals surface area contributed by atoms with Crippen molar-refractivity contribution in [2.45, 2.75) is 19.9 Å². The van der Waals surface area contributed by atoms with E-state index in [2.05, 4.69) is 19.1 Å². The van der Waals surface area contributed by atoms with Gasteiger partial charge in [0.25, 0.3) is 0 Å². The summed E-state index contributed by atoms with van der Waals surface area (Å²) in [5.74, 6) is 0. The van der Waals surface area contributed by atoms with Crippen molar-refractivity contribution in [3.8, 4) is 0 Å². The Labute approximate surface area is 113 Å². The van der Waals surface area contributed by atoms with Gasteiger partial charge in [-0.15, -0.1) is 0 Å². The molecule has 2 rings (SSSR count). The smallest absolute Gasteiger partial charge is 0.0724 e. The number of hydrogen-bond donors (Lipinski definition) is 0. The first-order chi connectivity index (χ1) is 8.66. The van der Waals surface area contributed by atoms with Crippen molar-refractivity contribution in [2.24, 2.45) is 4.99 Å². The third-order valence-corrected chi connectivity index (χ3v) is 3.18. The van der Waals surface area contributed by atoms with Crippen LogP contribution in [0.15, 0.2) is 59.6 Å². The van der Waals surface area contributed by atoms with Crippen LogP contribution in [0.2, 0.25) is 5.02 Å². The normalized spacial score (nSPS) is 13.4. The maximum absolute atomic E-state index is 5.88. The van der Waals surface area contributed by atoms with Gasteiger partial charge >= 0.3 is 0 Å². The minimum atomic E-state index is 0.141. The summed E-state index contributed by atoms with van der Waals surface area (Å²) in [7, 11) is 0. The quantitative estimate of drug-likeness (QED) is 0.693. The summed E-state index contributed by atoms with van der Waals surface area (Å²) < 4.78 is 0. The Kier molecular flexibility index (Phi) is 4.16. The van der Waals surface area contributed by atoms with Gasteiger partial charge in [-0.2, -0.15) is 0 Å². The first kappa shape index (κ1) is 12.8. The highest BCUT2D eigenvalue weighted by molar-refractivity contribution is 6.30. The highest BCUT2D eigenvalue weighted by atomic mass is 35.5. The Hall–Kier alpha value is -1.60. The fraction of sp³-hybridized carbons (Fsp3) is 0.188. The van der Waals surface area contributed by atoms with Crippen molar-refractivity contribution in [2.75, 3.05) is 0 Å². The van der Waals surface area contributed by atoms with E-state index < -0.39 is 0 Å². The van der Waals surface area contributed by atoms with Crippen LogP contribution < -0.4 is 0 Å². The summed E-state index contributed by atoms with van der Waals surface area (Å²) in [4.78, 5) is 4.72. The summed E-state index contributed by atoms with van der Waals surface area (Å²) in [6, 6.07) is 18.2. The lowest BCUT2D eigenvalue weighted by Gasteiger charge is -2.09. The van der Waals surface area contributed by atoms with Crippen LogP contribution in [0.25, 0.3) is 0 Å². The molecule has 0 saturated carbocycles. The molecule has 92 valence electrons. The SMILES string of the molecule is CC(=N[C@H](C)c1ccc(Cl)cc1)c1ccccc1. The van der Waals surface area contributed by atoms with Crippen LogP contribution in [-0.2, 0) is 0 Å². The Bertz CT molecular complexity index is 529. The largest absolute Gasteiger partial charge is 0.282 e. The molecule has 0 saturated heterocycles. The molecule has 0 aliphatic carbocycles. The zero-order valence-electron chi connectivity index (χ0n) is 10.6. The second-order valence-electron chi connectivity index (χ2n) is 4.31. The molecule has 0 spiro atoms. The third kappa shape index (κ3) is 3.21. The van der Waals surface area contributed by atoms with E-state index >= 15 is 0 Å². The van der Waals surface area contributed by atoms with E-state index in [4.69, 9.17) is 16.6 Å². The predicted molar refractivity (Wildman–Crippen MR) is 78.5 cm³/mol. The molecule has 0 fully saturated rings. The number of hydrogen-bond acceptors (Lipinski definition) is 1. The van der Waals surface area contributed by atoms with E-state index in [-0.39, 0.29) is 6.04 Å². The van der Waals surface area contributed by atoms with Crippen molar-refractivity contribution in [3.63, 3.8) is 0 Å². The van der Waals surface area contributed by atoms with Crippen LogP contribution in [0.3, 0.4) is 0 Å². The highest BCUT2D eigenvalue weighted by Gasteiger charge is 2.04. The maximum Gasteiger partial charge on any atom is 0.0724 e. The standard InChI is InChI=1S/C16H16ClN/c1-12(14-6-4-3-5-7-14)18-13(2)15-8-10-16(17)11-9-15/h3-11,13H,1-2H3/t13-/m1/s1. The molecular formula is C16H16ClN. The molecule has 0 amide bonds. The molecule has 0 unspecified atom stereocenters. The fourth-order valence-corrected chi connectivity index (χ4v) is 1.99. The monoisotopic (exact) mass is 257 g/mol. The van der Waals surface area contributed by atoms with Crippen LogP contribution in [0.1, 0.15) is 31.0 Å². The molecule has 0 aliphatic rings. The minimum absolute atomic E-state index is 0.141. The van der Waals surface area contributed by atoms with E-state index in [1.54, 1.807) is 0 Å². The molecule has 0 aromatic heterocycles. The molecule has 0 N–H and O–H groups in total. The average molecular weight is 258 g/mol. The molecule has 0 heterocycles. The van der Waals surface area contributed by atoms with Crippen molar-refractivity contribution in [1.82, 2.24) is 0 Å². The maximum atomic E-state index is 5.88. The molecule has 1 nitrogen and oxygen atoms in total. The summed E-state index contributed by atoms with van der Waals surface area (Å²) in [6.45, 7) is 4.14. The number of rotatable bonds is 3. The third-order valence-electron chi connectivity index (χ3n) is 2.93. The van der Waals surface area contributed by atoms with Crippen LogP contribution in [0.5, 0.6) is 0 Å². The molecule has 0 aliphatic heterocycles. The Morgan fingerprint density at radius 2 is 1.61 bits per heavy atom. The number of nitrogens with zero attached hydrogens (tertiary/aromatic N) is 1. The molecule has 2 heteroatoms. The molecule has 2 aromatic rings. The topological polar surface area (TPSA) is 12.4 Å². The van der Waals surface area contributed by atoms with E-state index in [0.717, 1.165) is 10.7 Å². The van der Waals surface area contributed by atoms with Crippen LogP contribution >= 0.6 is 11.6 Å². The molecule has 0 radical (unpaired) electrons. The summed E-state index contributed by atoms with van der Waals surface area (Å²) >= 11 is 5.88. The molecule has 2 aromatic carbocycles. The lowest BCUT2D eigenvalue weighted by atomic mass is 10.1. The molecule has 18 heavy (non-hydrogen) atoms. The van der Waals surface area contributed by atoms with Gasteiger partial charge in [-0.3, -0.25) is 4.99 Å². The lowest BCUT2D eigenvalue weighted by molar-refractivity contribution is 0.820. The second kappa shape index (κ2) is 5.83. The van der Waals surface area contributed by atoms with Crippen LogP contribution in [0, 0.1) is 0 Å². The van der Waals surface area contributed by atoms with Gasteiger partial charge in [-0.1, -0.05) is 54.1 Å². The second-order valence-corrected chi connectivity index (χ2v) is 4.74. The van der Waals surface area contributed by atoms with E-state index in [1.165, 1.54) is 11.1 Å². The highest BCUT2D eigenvalue weighted by Crippen LogP contribution is 2.20. The lowest BCUT2D eigenvalue weighted by Crippen LogP contribution is -1.98. The average Bonchev–Trinajstić information content (AvgIpc) is 2.40. The van der Waals surface area contributed by atoms with Gasteiger partial charge in [0.15, 0.2) is 0 Å². The van der Waals surface area contributed by atoms with Crippen molar-refractivity contribution in [3.05, 3.63) is 70.7 Å². The van der Waals surface area contributed by atoms with Gasteiger partial charge in [0.2, 0.25) is 0 Å². The number of benzene rings is 2. The van der Waals surface area contributed by atoms with Crippen LogP contribution in [-0.4, -0.2) is 5.71 Å². The van der Waals surface area contributed by atoms with Gasteiger partial charge in [0.05, 0.1) is 6.04 Å². The van der Waals surface area contributed by atoms with E-state index in [9.17, 15) is 0 Å². The molecular weight excluding hydrogens is 242 g/mol.